The minimum Gasteiger partial charge on any atom is -0.460 e. The van der Waals surface area contributed by atoms with E-state index in [2.05, 4.69) is 72.2 Å². The van der Waals surface area contributed by atoms with Crippen molar-refractivity contribution in [3.63, 3.8) is 0 Å². The number of hydrogen-bond acceptors (Lipinski definition) is 2. The number of carbonyl (C=O) groups is 1. The summed E-state index contributed by atoms with van der Waals surface area (Å²) in [6.45, 7) is 8.10. The van der Waals surface area contributed by atoms with Gasteiger partial charge in [0, 0.05) is 29.8 Å². The lowest BCUT2D eigenvalue weighted by Crippen LogP contribution is -3.15. The number of amides is 1. The number of aryl methyl sites for hydroxylation is 2. The van der Waals surface area contributed by atoms with Crippen molar-refractivity contribution in [2.75, 3.05) is 26.2 Å². The average molecular weight is 429 g/mol. The Bertz CT molecular complexity index is 1160. The summed E-state index contributed by atoms with van der Waals surface area (Å²) in [7, 11) is 0. The lowest BCUT2D eigenvalue weighted by atomic mass is 9.96. The number of hydrogen-bond donors (Lipinski definition) is 1. The SMILES string of the molecule is CCn1c(C(=O)N2CC[NH+](C(c3ccccc3)c3ccccc3)CC2)cc2oc(C)cc21. The van der Waals surface area contributed by atoms with E-state index in [9.17, 15) is 4.79 Å². The lowest BCUT2D eigenvalue weighted by Gasteiger charge is -2.37. The van der Waals surface area contributed by atoms with Gasteiger partial charge in [0.25, 0.3) is 5.91 Å². The molecule has 1 amide bonds. The highest BCUT2D eigenvalue weighted by atomic mass is 16.3. The summed E-state index contributed by atoms with van der Waals surface area (Å²) in [5.41, 5.74) is 5.18. The number of carbonyl (C=O) groups excluding carboxylic acids is 1. The van der Waals surface area contributed by atoms with E-state index < -0.39 is 0 Å². The van der Waals surface area contributed by atoms with Crippen LogP contribution in [0, 0.1) is 6.92 Å². The van der Waals surface area contributed by atoms with Crippen LogP contribution in [-0.4, -0.2) is 41.6 Å². The standard InChI is InChI=1S/C27H29N3O2/c1-3-30-23-18-20(2)32-25(23)19-24(30)27(31)29-16-14-28(15-17-29)26(21-10-6-4-7-11-21)22-12-8-5-9-13-22/h4-13,18-19,26H,3,14-17H2,1-2H3/p+1. The van der Waals surface area contributed by atoms with Gasteiger partial charge in [-0.2, -0.15) is 0 Å². The maximum absolute atomic E-state index is 13.4. The molecule has 5 heteroatoms. The summed E-state index contributed by atoms with van der Waals surface area (Å²) >= 11 is 0. The van der Waals surface area contributed by atoms with Crippen molar-refractivity contribution in [3.05, 3.63) is 95.4 Å². The van der Waals surface area contributed by atoms with Crippen LogP contribution in [0.25, 0.3) is 11.1 Å². The summed E-state index contributed by atoms with van der Waals surface area (Å²) in [4.78, 5) is 16.9. The second-order valence-electron chi connectivity index (χ2n) is 8.59. The van der Waals surface area contributed by atoms with Crippen molar-refractivity contribution in [1.29, 1.82) is 0 Å². The summed E-state index contributed by atoms with van der Waals surface area (Å²) in [6.07, 6.45) is 0. The zero-order valence-electron chi connectivity index (χ0n) is 18.8. The number of quaternary nitrogens is 1. The first-order chi connectivity index (χ1) is 15.7. The van der Waals surface area contributed by atoms with E-state index in [1.165, 1.54) is 16.0 Å². The number of nitrogens with one attached hydrogen (secondary N) is 1. The molecule has 4 aromatic rings. The van der Waals surface area contributed by atoms with Crippen LogP contribution in [0.3, 0.4) is 0 Å². The second-order valence-corrected chi connectivity index (χ2v) is 8.59. The van der Waals surface area contributed by atoms with Gasteiger partial charge >= 0.3 is 0 Å². The van der Waals surface area contributed by atoms with Gasteiger partial charge in [-0.3, -0.25) is 4.79 Å². The molecule has 5 rings (SSSR count). The van der Waals surface area contributed by atoms with Crippen LogP contribution in [0.5, 0.6) is 0 Å². The number of benzene rings is 2. The molecule has 1 fully saturated rings. The number of aromatic nitrogens is 1. The fourth-order valence-corrected chi connectivity index (χ4v) is 5.09. The van der Waals surface area contributed by atoms with Crippen molar-refractivity contribution < 1.29 is 14.1 Å². The van der Waals surface area contributed by atoms with E-state index in [-0.39, 0.29) is 11.9 Å². The van der Waals surface area contributed by atoms with E-state index in [1.807, 2.05) is 24.0 Å². The molecule has 1 aliphatic heterocycles. The number of fused-ring (bicyclic) bond motifs is 1. The maximum atomic E-state index is 13.4. The van der Waals surface area contributed by atoms with Gasteiger partial charge in [-0.15, -0.1) is 0 Å². The molecule has 0 unspecified atom stereocenters. The van der Waals surface area contributed by atoms with E-state index in [4.69, 9.17) is 4.42 Å². The molecule has 2 aromatic carbocycles. The van der Waals surface area contributed by atoms with Crippen molar-refractivity contribution >= 4 is 17.0 Å². The van der Waals surface area contributed by atoms with Crippen LogP contribution >= 0.6 is 0 Å². The molecule has 0 radical (unpaired) electrons. The van der Waals surface area contributed by atoms with Crippen LogP contribution in [0.2, 0.25) is 0 Å². The zero-order chi connectivity index (χ0) is 22.1. The molecule has 0 spiro atoms. The molecule has 164 valence electrons. The molecule has 0 saturated carbocycles. The van der Waals surface area contributed by atoms with Crippen LogP contribution in [0.15, 0.2) is 77.2 Å². The third-order valence-corrected chi connectivity index (χ3v) is 6.62. The minimum absolute atomic E-state index is 0.103. The topological polar surface area (TPSA) is 42.8 Å². The monoisotopic (exact) mass is 428 g/mol. The van der Waals surface area contributed by atoms with Gasteiger partial charge in [-0.1, -0.05) is 60.7 Å². The largest absolute Gasteiger partial charge is 0.460 e. The fraction of sp³-hybridized carbons (Fsp3) is 0.296. The predicted octanol–water partition coefficient (Wildman–Crippen LogP) is 3.69. The van der Waals surface area contributed by atoms with Gasteiger partial charge in [-0.25, -0.2) is 0 Å². The predicted molar refractivity (Wildman–Crippen MR) is 126 cm³/mol. The van der Waals surface area contributed by atoms with Gasteiger partial charge in [0.1, 0.15) is 17.5 Å². The van der Waals surface area contributed by atoms with E-state index >= 15 is 0 Å². The molecule has 0 bridgehead atoms. The summed E-state index contributed by atoms with van der Waals surface area (Å²) in [6, 6.07) is 25.6. The Morgan fingerprint density at radius 2 is 1.56 bits per heavy atom. The van der Waals surface area contributed by atoms with Gasteiger partial charge in [0.15, 0.2) is 5.58 Å². The number of rotatable bonds is 5. The Kier molecular flexibility index (Phi) is 5.58. The highest BCUT2D eigenvalue weighted by molar-refractivity contribution is 5.97. The third kappa shape index (κ3) is 3.73. The third-order valence-electron chi connectivity index (χ3n) is 6.62. The van der Waals surface area contributed by atoms with Gasteiger partial charge < -0.3 is 18.8 Å². The van der Waals surface area contributed by atoms with E-state index in [0.29, 0.717) is 0 Å². The molecule has 32 heavy (non-hydrogen) atoms. The van der Waals surface area contributed by atoms with Crippen LogP contribution < -0.4 is 4.90 Å². The van der Waals surface area contributed by atoms with Gasteiger partial charge in [0.2, 0.25) is 0 Å². The Morgan fingerprint density at radius 1 is 0.969 bits per heavy atom. The molecule has 0 atom stereocenters. The molecular formula is C27H30N3O2+. The van der Waals surface area contributed by atoms with E-state index in [0.717, 1.165) is 55.3 Å². The quantitative estimate of drug-likeness (QED) is 0.527. The van der Waals surface area contributed by atoms with Crippen LogP contribution in [-0.2, 0) is 6.54 Å². The van der Waals surface area contributed by atoms with Crippen molar-refractivity contribution in [1.82, 2.24) is 9.47 Å². The summed E-state index contributed by atoms with van der Waals surface area (Å²) in [5, 5.41) is 0. The van der Waals surface area contributed by atoms with Gasteiger partial charge in [-0.05, 0) is 13.8 Å². The Labute approximate surface area is 188 Å². The summed E-state index contributed by atoms with van der Waals surface area (Å²) in [5.74, 6) is 0.979. The normalized spacial score (nSPS) is 15.0. The highest BCUT2D eigenvalue weighted by Crippen LogP contribution is 2.25. The molecule has 1 aliphatic rings. The van der Waals surface area contributed by atoms with Crippen molar-refractivity contribution in [3.8, 4) is 0 Å². The lowest BCUT2D eigenvalue weighted by molar-refractivity contribution is -0.929. The second kappa shape index (κ2) is 8.67. The minimum atomic E-state index is 0.103. The molecule has 5 nitrogen and oxygen atoms in total. The van der Waals surface area contributed by atoms with Crippen molar-refractivity contribution in [2.24, 2.45) is 0 Å². The van der Waals surface area contributed by atoms with Crippen LogP contribution in [0.4, 0.5) is 0 Å². The van der Waals surface area contributed by atoms with Gasteiger partial charge in [0.05, 0.1) is 31.7 Å². The Balaban J connectivity index is 1.36. The first kappa shape index (κ1) is 20.6. The smallest absolute Gasteiger partial charge is 0.271 e. The molecule has 1 N–H and O–H groups in total. The zero-order valence-corrected chi connectivity index (χ0v) is 18.8. The number of nitrogens with zero attached hydrogens (tertiary/aromatic N) is 2. The first-order valence-electron chi connectivity index (χ1n) is 11.5. The molecule has 0 aliphatic carbocycles. The molecular weight excluding hydrogens is 398 g/mol. The molecule has 1 saturated heterocycles. The highest BCUT2D eigenvalue weighted by Gasteiger charge is 2.32. The van der Waals surface area contributed by atoms with Crippen molar-refractivity contribution in [2.45, 2.75) is 26.4 Å². The maximum Gasteiger partial charge on any atom is 0.271 e. The Morgan fingerprint density at radius 3 is 2.12 bits per heavy atom. The molecule has 3 heterocycles. The Hall–Kier alpha value is -3.31. The average Bonchev–Trinajstić information content (AvgIpc) is 3.36. The number of piperazine rings is 1. The first-order valence-corrected chi connectivity index (χ1v) is 11.5. The molecule has 2 aromatic heterocycles. The fourth-order valence-electron chi connectivity index (χ4n) is 5.09. The van der Waals surface area contributed by atoms with Crippen LogP contribution in [0.1, 0.15) is 40.3 Å². The van der Waals surface area contributed by atoms with E-state index in [1.54, 1.807) is 0 Å². The summed E-state index contributed by atoms with van der Waals surface area (Å²) < 4.78 is 7.85. The number of furan rings is 1.